The number of carbonyl (C=O) groups is 1. The first-order valence-electron chi connectivity index (χ1n) is 7.54. The van der Waals surface area contributed by atoms with Gasteiger partial charge in [-0.1, -0.05) is 18.0 Å². The van der Waals surface area contributed by atoms with Gasteiger partial charge in [0.05, 0.1) is 6.04 Å². The van der Waals surface area contributed by atoms with Crippen LogP contribution in [-0.2, 0) is 4.79 Å². The molecule has 3 nitrogen and oxygen atoms in total. The molecule has 114 valence electrons. The highest BCUT2D eigenvalue weighted by molar-refractivity contribution is 7.99. The maximum Gasteiger partial charge on any atom is 0.221 e. The number of halogens is 1. The molecule has 1 atom stereocenters. The fraction of sp³-hybridized carbons (Fsp3) is 0.562. The molecule has 0 aromatic heterocycles. The van der Waals surface area contributed by atoms with Crippen LogP contribution in [0.3, 0.4) is 0 Å². The summed E-state index contributed by atoms with van der Waals surface area (Å²) in [5.74, 6) is 1.16. The van der Waals surface area contributed by atoms with E-state index in [1.807, 2.05) is 30.0 Å². The lowest BCUT2D eigenvalue weighted by molar-refractivity contribution is -0.125. The number of amides is 1. The van der Waals surface area contributed by atoms with Gasteiger partial charge in [0, 0.05) is 22.1 Å². The van der Waals surface area contributed by atoms with E-state index >= 15 is 0 Å². The molecule has 1 amide bonds. The monoisotopic (exact) mass is 324 g/mol. The van der Waals surface area contributed by atoms with Crippen LogP contribution in [0.4, 0.5) is 0 Å². The number of carbonyl (C=O) groups excluding carboxylic acids is 1. The molecule has 0 saturated heterocycles. The summed E-state index contributed by atoms with van der Waals surface area (Å²) in [6, 6.07) is 6.03. The zero-order chi connectivity index (χ0) is 14.9. The molecule has 1 aliphatic heterocycles. The van der Waals surface area contributed by atoms with E-state index in [1.165, 1.54) is 11.3 Å². The second kappa shape index (κ2) is 6.19. The molecule has 3 rings (SSSR count). The number of fused-ring (bicyclic) bond motifs is 1. The fourth-order valence-electron chi connectivity index (χ4n) is 3.23. The van der Waals surface area contributed by atoms with Crippen LogP contribution in [0.1, 0.15) is 43.7 Å². The number of hydrogen-bond acceptors (Lipinski definition) is 3. The summed E-state index contributed by atoms with van der Waals surface area (Å²) in [7, 11) is 0. The number of thioether (sulfide) groups is 1. The minimum atomic E-state index is 0.0602. The lowest BCUT2D eigenvalue weighted by Crippen LogP contribution is -2.42. The molecule has 21 heavy (non-hydrogen) atoms. The van der Waals surface area contributed by atoms with Gasteiger partial charge in [-0.05, 0) is 55.0 Å². The Kier molecular flexibility index (Phi) is 4.48. The Morgan fingerprint density at radius 3 is 2.95 bits per heavy atom. The van der Waals surface area contributed by atoms with Crippen LogP contribution in [0, 0.1) is 5.41 Å². The van der Waals surface area contributed by atoms with Gasteiger partial charge >= 0.3 is 0 Å². The van der Waals surface area contributed by atoms with Gasteiger partial charge in [0.1, 0.15) is 0 Å². The molecule has 1 unspecified atom stereocenters. The van der Waals surface area contributed by atoms with E-state index in [1.54, 1.807) is 0 Å². The van der Waals surface area contributed by atoms with Crippen molar-refractivity contribution < 1.29 is 4.79 Å². The molecule has 1 aliphatic carbocycles. The van der Waals surface area contributed by atoms with Crippen molar-refractivity contribution in [1.82, 2.24) is 5.32 Å². The maximum absolute atomic E-state index is 12.4. The summed E-state index contributed by atoms with van der Waals surface area (Å²) >= 11 is 7.93. The molecular formula is C16H21ClN2OS. The SMILES string of the molecule is NCC1(CC(=O)NC2CCSc3ccc(Cl)cc32)CCC1. The first kappa shape index (κ1) is 15.2. The summed E-state index contributed by atoms with van der Waals surface area (Å²) in [5, 5.41) is 3.92. The molecule has 1 aromatic rings. The summed E-state index contributed by atoms with van der Waals surface area (Å²) in [5.41, 5.74) is 7.06. The topological polar surface area (TPSA) is 55.1 Å². The molecule has 1 saturated carbocycles. The van der Waals surface area contributed by atoms with Crippen molar-refractivity contribution in [1.29, 1.82) is 0 Å². The average Bonchev–Trinajstić information content (AvgIpc) is 2.43. The van der Waals surface area contributed by atoms with Gasteiger partial charge in [-0.3, -0.25) is 4.79 Å². The minimum absolute atomic E-state index is 0.0602. The highest BCUT2D eigenvalue weighted by Gasteiger charge is 2.38. The highest BCUT2D eigenvalue weighted by Crippen LogP contribution is 2.43. The predicted octanol–water partition coefficient (Wildman–Crippen LogP) is 3.51. The van der Waals surface area contributed by atoms with Crippen LogP contribution in [-0.4, -0.2) is 18.2 Å². The number of benzene rings is 1. The number of hydrogen-bond donors (Lipinski definition) is 2. The largest absolute Gasteiger partial charge is 0.349 e. The minimum Gasteiger partial charge on any atom is -0.349 e. The van der Waals surface area contributed by atoms with E-state index in [-0.39, 0.29) is 17.4 Å². The molecular weight excluding hydrogens is 304 g/mol. The number of nitrogens with one attached hydrogen (secondary N) is 1. The van der Waals surface area contributed by atoms with Gasteiger partial charge < -0.3 is 11.1 Å². The Balaban J connectivity index is 1.68. The summed E-state index contributed by atoms with van der Waals surface area (Å²) in [6.07, 6.45) is 4.88. The third kappa shape index (κ3) is 3.22. The average molecular weight is 325 g/mol. The maximum atomic E-state index is 12.4. The van der Waals surface area contributed by atoms with Gasteiger partial charge in [-0.25, -0.2) is 0 Å². The van der Waals surface area contributed by atoms with Crippen molar-refractivity contribution in [2.24, 2.45) is 11.1 Å². The second-order valence-electron chi connectivity index (χ2n) is 6.17. The lowest BCUT2D eigenvalue weighted by atomic mass is 9.66. The van der Waals surface area contributed by atoms with Crippen molar-refractivity contribution in [2.75, 3.05) is 12.3 Å². The van der Waals surface area contributed by atoms with Crippen LogP contribution in [0.15, 0.2) is 23.1 Å². The summed E-state index contributed by atoms with van der Waals surface area (Å²) < 4.78 is 0. The van der Waals surface area contributed by atoms with Crippen LogP contribution in [0.2, 0.25) is 5.02 Å². The molecule has 0 bridgehead atoms. The first-order valence-corrected chi connectivity index (χ1v) is 8.90. The third-order valence-electron chi connectivity index (χ3n) is 4.73. The predicted molar refractivity (Wildman–Crippen MR) is 87.6 cm³/mol. The van der Waals surface area contributed by atoms with Crippen molar-refractivity contribution in [3.05, 3.63) is 28.8 Å². The molecule has 1 aromatic carbocycles. The zero-order valence-electron chi connectivity index (χ0n) is 12.0. The van der Waals surface area contributed by atoms with E-state index in [4.69, 9.17) is 17.3 Å². The molecule has 3 N–H and O–H groups in total. The van der Waals surface area contributed by atoms with Crippen molar-refractivity contribution in [2.45, 2.75) is 43.0 Å². The lowest BCUT2D eigenvalue weighted by Gasteiger charge is -2.40. The Hall–Kier alpha value is -0.710. The van der Waals surface area contributed by atoms with Crippen molar-refractivity contribution in [3.8, 4) is 0 Å². The van der Waals surface area contributed by atoms with E-state index in [2.05, 4.69) is 5.32 Å². The van der Waals surface area contributed by atoms with E-state index in [9.17, 15) is 4.79 Å². The summed E-state index contributed by atoms with van der Waals surface area (Å²) in [4.78, 5) is 13.6. The van der Waals surface area contributed by atoms with Gasteiger partial charge in [0.15, 0.2) is 0 Å². The van der Waals surface area contributed by atoms with E-state index in [0.29, 0.717) is 13.0 Å². The highest BCUT2D eigenvalue weighted by atomic mass is 35.5. The standard InChI is InChI=1S/C16H21ClN2OS/c17-11-2-3-14-12(8-11)13(4-7-21-14)19-15(20)9-16(10-18)5-1-6-16/h2-3,8,13H,1,4-7,9-10,18H2,(H,19,20). The molecule has 1 fully saturated rings. The Morgan fingerprint density at radius 2 is 2.29 bits per heavy atom. The molecule has 0 spiro atoms. The van der Waals surface area contributed by atoms with Crippen LogP contribution < -0.4 is 11.1 Å². The molecule has 0 radical (unpaired) electrons. The van der Waals surface area contributed by atoms with E-state index in [0.717, 1.165) is 35.6 Å². The van der Waals surface area contributed by atoms with Gasteiger partial charge in [-0.15, -0.1) is 11.8 Å². The summed E-state index contributed by atoms with van der Waals surface area (Å²) in [6.45, 7) is 0.614. The number of nitrogens with two attached hydrogens (primary N) is 1. The molecule has 2 aliphatic rings. The van der Waals surface area contributed by atoms with Crippen LogP contribution in [0.5, 0.6) is 0 Å². The smallest absolute Gasteiger partial charge is 0.221 e. The van der Waals surface area contributed by atoms with E-state index < -0.39 is 0 Å². The Morgan fingerprint density at radius 1 is 1.48 bits per heavy atom. The van der Waals surface area contributed by atoms with Gasteiger partial charge in [-0.2, -0.15) is 0 Å². The second-order valence-corrected chi connectivity index (χ2v) is 7.75. The molecule has 5 heteroatoms. The Bertz CT molecular complexity index is 540. The van der Waals surface area contributed by atoms with Crippen LogP contribution in [0.25, 0.3) is 0 Å². The molecule has 1 heterocycles. The van der Waals surface area contributed by atoms with Gasteiger partial charge in [0.25, 0.3) is 0 Å². The first-order chi connectivity index (χ1) is 10.1. The van der Waals surface area contributed by atoms with Gasteiger partial charge in [0.2, 0.25) is 5.91 Å². The quantitative estimate of drug-likeness (QED) is 0.891. The normalized spacial score (nSPS) is 23.0. The third-order valence-corrected chi connectivity index (χ3v) is 6.09. The fourth-order valence-corrected chi connectivity index (χ4v) is 4.52. The van der Waals surface area contributed by atoms with Crippen LogP contribution >= 0.6 is 23.4 Å². The van der Waals surface area contributed by atoms with Crippen molar-refractivity contribution >= 4 is 29.3 Å². The number of rotatable bonds is 4. The van der Waals surface area contributed by atoms with Crippen molar-refractivity contribution in [3.63, 3.8) is 0 Å². The zero-order valence-corrected chi connectivity index (χ0v) is 13.6. The Labute approximate surface area is 135 Å².